The number of carbonyl (C=O) groups excluding carboxylic acids is 2. The van der Waals surface area contributed by atoms with Crippen LogP contribution in [0.25, 0.3) is 0 Å². The van der Waals surface area contributed by atoms with Crippen LogP contribution in [0, 0.1) is 11.7 Å². The van der Waals surface area contributed by atoms with Gasteiger partial charge in [-0.15, -0.1) is 0 Å². The molecule has 1 aliphatic heterocycles. The second-order valence-corrected chi connectivity index (χ2v) is 6.15. The van der Waals surface area contributed by atoms with Crippen LogP contribution in [0.5, 0.6) is 5.75 Å². The van der Waals surface area contributed by atoms with Gasteiger partial charge in [-0.1, -0.05) is 24.3 Å². The quantitative estimate of drug-likeness (QED) is 0.826. The Kier molecular flexibility index (Phi) is 5.21. The molecular formula is C20H21FN2O3. The summed E-state index contributed by atoms with van der Waals surface area (Å²) in [6.07, 6.45) is 0.0953. The summed E-state index contributed by atoms with van der Waals surface area (Å²) in [4.78, 5) is 28.1. The number of benzene rings is 2. The molecule has 5 nitrogen and oxygen atoms in total. The average Bonchev–Trinajstić information content (AvgIpc) is 3.03. The van der Waals surface area contributed by atoms with Gasteiger partial charge >= 0.3 is 0 Å². The molecule has 0 aliphatic carbocycles. The first kappa shape index (κ1) is 17.9. The molecule has 1 atom stereocenters. The van der Waals surface area contributed by atoms with Gasteiger partial charge in [-0.3, -0.25) is 9.59 Å². The van der Waals surface area contributed by atoms with Crippen molar-refractivity contribution in [3.63, 3.8) is 0 Å². The monoisotopic (exact) mass is 356 g/mol. The highest BCUT2D eigenvalue weighted by molar-refractivity contribution is 6.04. The van der Waals surface area contributed by atoms with Crippen LogP contribution in [0.15, 0.2) is 48.5 Å². The smallest absolute Gasteiger partial charge is 0.232 e. The summed E-state index contributed by atoms with van der Waals surface area (Å²) >= 11 is 0. The van der Waals surface area contributed by atoms with Crippen molar-refractivity contribution in [3.05, 3.63) is 54.3 Å². The molecule has 0 unspecified atom stereocenters. The maximum Gasteiger partial charge on any atom is 0.232 e. The first-order valence-electron chi connectivity index (χ1n) is 8.57. The zero-order chi connectivity index (χ0) is 18.7. The normalized spacial score (nSPS) is 16.7. The molecular weight excluding hydrogens is 335 g/mol. The van der Waals surface area contributed by atoms with Gasteiger partial charge in [-0.05, 0) is 31.2 Å². The lowest BCUT2D eigenvalue weighted by Crippen LogP contribution is -2.35. The standard InChI is InChI=1S/C20H21FN2O3/c1-3-26-18-11-7-6-10-17(18)23-13-14(12-19(23)24)20(25)22(2)16-9-5-4-8-15(16)21/h4-11,14H,3,12-13H2,1-2H3/t14-/m1/s1. The van der Waals surface area contributed by atoms with Gasteiger partial charge in [0.05, 0.1) is 23.9 Å². The van der Waals surface area contributed by atoms with Crippen LogP contribution in [0.3, 0.4) is 0 Å². The van der Waals surface area contributed by atoms with Crippen LogP contribution < -0.4 is 14.5 Å². The lowest BCUT2D eigenvalue weighted by atomic mass is 10.1. The Hall–Kier alpha value is -2.89. The molecule has 0 radical (unpaired) electrons. The van der Waals surface area contributed by atoms with E-state index in [0.29, 0.717) is 18.0 Å². The number of rotatable bonds is 5. The predicted octanol–water partition coefficient (Wildman–Crippen LogP) is 3.24. The van der Waals surface area contributed by atoms with Gasteiger partial charge in [0.15, 0.2) is 0 Å². The van der Waals surface area contributed by atoms with Crippen LogP contribution in [-0.2, 0) is 9.59 Å². The van der Waals surface area contributed by atoms with E-state index in [9.17, 15) is 14.0 Å². The van der Waals surface area contributed by atoms with E-state index >= 15 is 0 Å². The highest BCUT2D eigenvalue weighted by Crippen LogP contribution is 2.34. The van der Waals surface area contributed by atoms with Gasteiger partial charge in [-0.25, -0.2) is 4.39 Å². The Morgan fingerprint density at radius 1 is 1.23 bits per heavy atom. The van der Waals surface area contributed by atoms with Crippen LogP contribution in [0.4, 0.5) is 15.8 Å². The van der Waals surface area contributed by atoms with Crippen LogP contribution in [0.1, 0.15) is 13.3 Å². The Morgan fingerprint density at radius 2 is 1.92 bits per heavy atom. The van der Waals surface area contributed by atoms with Crippen LogP contribution in [-0.4, -0.2) is 32.0 Å². The number of amides is 2. The van der Waals surface area contributed by atoms with Gasteiger partial charge in [0, 0.05) is 20.0 Å². The Balaban J connectivity index is 1.80. The summed E-state index contributed by atoms with van der Waals surface area (Å²) in [5.41, 5.74) is 0.862. The first-order chi connectivity index (χ1) is 12.5. The highest BCUT2D eigenvalue weighted by Gasteiger charge is 2.38. The van der Waals surface area contributed by atoms with Crippen molar-refractivity contribution in [2.24, 2.45) is 5.92 Å². The van der Waals surface area contributed by atoms with Gasteiger partial charge in [0.2, 0.25) is 11.8 Å². The van der Waals surface area contributed by atoms with E-state index in [2.05, 4.69) is 0 Å². The number of ether oxygens (including phenoxy) is 1. The molecule has 1 fully saturated rings. The fourth-order valence-electron chi connectivity index (χ4n) is 3.18. The average molecular weight is 356 g/mol. The Bertz CT molecular complexity index is 824. The van der Waals surface area contributed by atoms with Gasteiger partial charge in [-0.2, -0.15) is 0 Å². The second-order valence-electron chi connectivity index (χ2n) is 6.15. The summed E-state index contributed by atoms with van der Waals surface area (Å²) in [6, 6.07) is 13.4. The van der Waals surface area contributed by atoms with E-state index in [1.165, 1.54) is 18.0 Å². The van der Waals surface area contributed by atoms with Gasteiger partial charge < -0.3 is 14.5 Å². The van der Waals surface area contributed by atoms with E-state index in [-0.39, 0.29) is 30.5 Å². The SMILES string of the molecule is CCOc1ccccc1N1C[C@H](C(=O)N(C)c2ccccc2F)CC1=O. The maximum absolute atomic E-state index is 14.0. The molecule has 0 saturated carbocycles. The summed E-state index contributed by atoms with van der Waals surface area (Å²) in [5.74, 6) is -0.802. The van der Waals surface area contributed by atoms with Gasteiger partial charge in [0.1, 0.15) is 11.6 Å². The summed E-state index contributed by atoms with van der Waals surface area (Å²) in [6.45, 7) is 2.61. The number of carbonyl (C=O) groups is 2. The number of para-hydroxylation sites is 3. The van der Waals surface area contributed by atoms with Crippen molar-refractivity contribution in [1.82, 2.24) is 0 Å². The van der Waals surface area contributed by atoms with E-state index < -0.39 is 11.7 Å². The minimum Gasteiger partial charge on any atom is -0.492 e. The highest BCUT2D eigenvalue weighted by atomic mass is 19.1. The largest absolute Gasteiger partial charge is 0.492 e. The molecule has 26 heavy (non-hydrogen) atoms. The number of halogens is 1. The van der Waals surface area contributed by atoms with E-state index in [0.717, 1.165) is 0 Å². The first-order valence-corrected chi connectivity index (χ1v) is 8.57. The van der Waals surface area contributed by atoms with Crippen molar-refractivity contribution in [2.45, 2.75) is 13.3 Å². The predicted molar refractivity (Wildman–Crippen MR) is 97.9 cm³/mol. The molecule has 0 spiro atoms. The van der Waals surface area contributed by atoms with Crippen molar-refractivity contribution >= 4 is 23.2 Å². The molecule has 2 amide bonds. The molecule has 136 valence electrons. The zero-order valence-electron chi connectivity index (χ0n) is 14.8. The summed E-state index contributed by atoms with van der Waals surface area (Å²) < 4.78 is 19.5. The molecule has 1 heterocycles. The molecule has 0 aromatic heterocycles. The molecule has 0 bridgehead atoms. The molecule has 2 aromatic rings. The maximum atomic E-state index is 14.0. The third kappa shape index (κ3) is 3.40. The van der Waals surface area contributed by atoms with Crippen molar-refractivity contribution in [2.75, 3.05) is 30.0 Å². The Morgan fingerprint density at radius 3 is 2.65 bits per heavy atom. The summed E-state index contributed by atoms with van der Waals surface area (Å²) in [7, 11) is 1.53. The lowest BCUT2D eigenvalue weighted by Gasteiger charge is -2.23. The molecule has 1 saturated heterocycles. The van der Waals surface area contributed by atoms with Crippen LogP contribution in [0.2, 0.25) is 0 Å². The number of hydrogen-bond acceptors (Lipinski definition) is 3. The molecule has 6 heteroatoms. The number of nitrogens with zero attached hydrogens (tertiary/aromatic N) is 2. The number of anilines is 2. The summed E-state index contributed by atoms with van der Waals surface area (Å²) in [5, 5.41) is 0. The topological polar surface area (TPSA) is 49.9 Å². The lowest BCUT2D eigenvalue weighted by molar-refractivity contribution is -0.124. The van der Waals surface area contributed by atoms with Crippen molar-refractivity contribution in [1.29, 1.82) is 0 Å². The molecule has 3 rings (SSSR count). The minimum atomic E-state index is -0.526. The second kappa shape index (κ2) is 7.56. The zero-order valence-corrected chi connectivity index (χ0v) is 14.8. The minimum absolute atomic E-state index is 0.0953. The fourth-order valence-corrected chi connectivity index (χ4v) is 3.18. The Labute approximate surface area is 152 Å². The molecule has 2 aromatic carbocycles. The van der Waals surface area contributed by atoms with E-state index in [1.807, 2.05) is 19.1 Å². The third-order valence-corrected chi connectivity index (χ3v) is 4.47. The van der Waals surface area contributed by atoms with E-state index in [1.54, 1.807) is 35.2 Å². The fraction of sp³-hybridized carbons (Fsp3) is 0.300. The molecule has 0 N–H and O–H groups in total. The van der Waals surface area contributed by atoms with Crippen molar-refractivity contribution < 1.29 is 18.7 Å². The van der Waals surface area contributed by atoms with Crippen molar-refractivity contribution in [3.8, 4) is 5.75 Å². The van der Waals surface area contributed by atoms with Gasteiger partial charge in [0.25, 0.3) is 0 Å². The van der Waals surface area contributed by atoms with E-state index in [4.69, 9.17) is 4.74 Å². The molecule has 1 aliphatic rings. The number of hydrogen-bond donors (Lipinski definition) is 0. The van der Waals surface area contributed by atoms with Crippen LogP contribution >= 0.6 is 0 Å². The third-order valence-electron chi connectivity index (χ3n) is 4.47.